The minimum Gasteiger partial charge on any atom is -0.477 e. The van der Waals surface area contributed by atoms with Gasteiger partial charge in [0.2, 0.25) is 0 Å². The van der Waals surface area contributed by atoms with Crippen molar-refractivity contribution in [2.45, 2.75) is 20.8 Å². The molecule has 0 radical (unpaired) electrons. The molecule has 1 aromatic rings. The Hall–Kier alpha value is -2.16. The van der Waals surface area contributed by atoms with Gasteiger partial charge >= 0.3 is 5.97 Å². The summed E-state index contributed by atoms with van der Waals surface area (Å²) in [5.41, 5.74) is 1.69. The van der Waals surface area contributed by atoms with Crippen LogP contribution in [0, 0.1) is 0 Å². The summed E-state index contributed by atoms with van der Waals surface area (Å²) in [6.45, 7) is 9.60. The lowest BCUT2D eigenvalue weighted by atomic mass is 10.1. The average Bonchev–Trinajstić information content (AvgIpc) is 2.42. The molecule has 0 fully saturated rings. The monoisotopic (exact) mass is 245 g/mol. The number of rotatable bonds is 4. The highest BCUT2D eigenvalue weighted by molar-refractivity contribution is 5.87. The topological polar surface area (TPSA) is 50.2 Å². The van der Waals surface area contributed by atoms with Gasteiger partial charge in [0.05, 0.1) is 0 Å². The van der Waals surface area contributed by atoms with Gasteiger partial charge in [-0.15, -0.1) is 0 Å². The largest absolute Gasteiger partial charge is 0.477 e. The smallest absolute Gasteiger partial charge is 0.354 e. The molecule has 1 N–H and O–H groups in total. The Morgan fingerprint density at radius 3 is 2.61 bits per heavy atom. The Balaban J connectivity index is 0.00000137. The maximum atomic E-state index is 10.8. The molecule has 1 aromatic heterocycles. The average molecular weight is 245 g/mol. The summed E-state index contributed by atoms with van der Waals surface area (Å²) < 4.78 is 0. The van der Waals surface area contributed by atoms with E-state index in [0.717, 1.165) is 11.1 Å². The summed E-state index contributed by atoms with van der Waals surface area (Å²) in [6, 6.07) is 3.28. The minimum atomic E-state index is -1.03. The molecule has 0 saturated carbocycles. The van der Waals surface area contributed by atoms with E-state index in [9.17, 15) is 4.79 Å². The zero-order chi connectivity index (χ0) is 14.0. The normalized spacial score (nSPS) is 10.7. The van der Waals surface area contributed by atoms with E-state index in [1.165, 1.54) is 12.3 Å². The van der Waals surface area contributed by atoms with Gasteiger partial charge in [-0.05, 0) is 30.2 Å². The van der Waals surface area contributed by atoms with Crippen LogP contribution in [0.2, 0.25) is 0 Å². The van der Waals surface area contributed by atoms with Crippen molar-refractivity contribution in [1.82, 2.24) is 4.98 Å². The number of carboxylic acids is 1. The molecule has 3 heteroatoms. The quantitative estimate of drug-likeness (QED) is 0.817. The van der Waals surface area contributed by atoms with Gasteiger partial charge in [-0.1, -0.05) is 44.7 Å². The predicted molar refractivity (Wildman–Crippen MR) is 75.5 cm³/mol. The molecule has 0 aliphatic carbocycles. The molecule has 0 unspecified atom stereocenters. The van der Waals surface area contributed by atoms with Crippen molar-refractivity contribution in [3.63, 3.8) is 0 Å². The summed E-state index contributed by atoms with van der Waals surface area (Å²) in [5, 5.41) is 8.82. The van der Waals surface area contributed by atoms with Gasteiger partial charge in [-0.3, -0.25) is 0 Å². The van der Waals surface area contributed by atoms with E-state index >= 15 is 0 Å². The lowest BCUT2D eigenvalue weighted by Crippen LogP contribution is -2.00. The van der Waals surface area contributed by atoms with Crippen molar-refractivity contribution in [2.75, 3.05) is 0 Å². The fourth-order valence-electron chi connectivity index (χ4n) is 1.21. The first-order valence-electron chi connectivity index (χ1n) is 5.84. The Morgan fingerprint density at radius 2 is 2.11 bits per heavy atom. The Kier molecular flexibility index (Phi) is 7.86. The van der Waals surface area contributed by atoms with Crippen molar-refractivity contribution in [2.24, 2.45) is 0 Å². The van der Waals surface area contributed by atoms with E-state index in [0.29, 0.717) is 0 Å². The molecule has 96 valence electrons. The second-order valence-electron chi connectivity index (χ2n) is 3.09. The van der Waals surface area contributed by atoms with Gasteiger partial charge in [0, 0.05) is 6.20 Å². The van der Waals surface area contributed by atoms with Crippen molar-refractivity contribution >= 4 is 11.5 Å². The highest BCUT2D eigenvalue weighted by Gasteiger charge is 2.05. The molecule has 0 atom stereocenters. The minimum absolute atomic E-state index is 0.0331. The molecule has 18 heavy (non-hydrogen) atoms. The highest BCUT2D eigenvalue weighted by Crippen LogP contribution is 2.15. The first kappa shape index (κ1) is 15.8. The number of aromatic nitrogens is 1. The van der Waals surface area contributed by atoms with Crippen molar-refractivity contribution in [3.8, 4) is 0 Å². The second kappa shape index (κ2) is 8.93. The zero-order valence-corrected chi connectivity index (χ0v) is 11.1. The molecule has 0 amide bonds. The van der Waals surface area contributed by atoms with E-state index in [1.807, 2.05) is 39.0 Å². The van der Waals surface area contributed by atoms with Crippen LogP contribution in [0.1, 0.15) is 36.8 Å². The van der Waals surface area contributed by atoms with Gasteiger partial charge in [-0.2, -0.15) is 0 Å². The number of pyridine rings is 1. The number of hydrogen-bond acceptors (Lipinski definition) is 2. The van der Waals surface area contributed by atoms with Crippen LogP contribution in [0.15, 0.2) is 49.2 Å². The van der Waals surface area contributed by atoms with Gasteiger partial charge < -0.3 is 5.11 Å². The SMILES string of the molecule is C=C/C(=C\C=C/C)c1ccnc(C(=O)O)c1.CC. The summed E-state index contributed by atoms with van der Waals surface area (Å²) in [4.78, 5) is 14.5. The van der Waals surface area contributed by atoms with Gasteiger partial charge in [0.25, 0.3) is 0 Å². The zero-order valence-electron chi connectivity index (χ0n) is 11.1. The maximum absolute atomic E-state index is 10.8. The van der Waals surface area contributed by atoms with E-state index in [-0.39, 0.29) is 5.69 Å². The van der Waals surface area contributed by atoms with E-state index in [1.54, 1.807) is 12.1 Å². The molecule has 0 saturated heterocycles. The standard InChI is InChI=1S/C13H13NO2.C2H6/c1-3-5-6-10(4-2)11-7-8-14-12(9-11)13(15)16;1-2/h3-9H,2H2,1H3,(H,15,16);1-2H3/b5-3-,10-6+;. The third-order valence-corrected chi connectivity index (χ3v) is 2.00. The van der Waals surface area contributed by atoms with E-state index in [4.69, 9.17) is 5.11 Å². The maximum Gasteiger partial charge on any atom is 0.354 e. The summed E-state index contributed by atoms with van der Waals surface area (Å²) >= 11 is 0. The van der Waals surface area contributed by atoms with Crippen LogP contribution in [-0.4, -0.2) is 16.1 Å². The van der Waals surface area contributed by atoms with Crippen molar-refractivity contribution in [3.05, 3.63) is 60.5 Å². The van der Waals surface area contributed by atoms with Crippen LogP contribution in [0.4, 0.5) is 0 Å². The van der Waals surface area contributed by atoms with Crippen molar-refractivity contribution in [1.29, 1.82) is 0 Å². The predicted octanol–water partition coefficient (Wildman–Crippen LogP) is 3.95. The molecule has 1 rings (SSSR count). The van der Waals surface area contributed by atoms with Crippen LogP contribution < -0.4 is 0 Å². The van der Waals surface area contributed by atoms with Crippen LogP contribution in [-0.2, 0) is 0 Å². The Labute approximate surface area is 108 Å². The van der Waals surface area contributed by atoms with Crippen LogP contribution in [0.3, 0.4) is 0 Å². The lowest BCUT2D eigenvalue weighted by Gasteiger charge is -2.02. The highest BCUT2D eigenvalue weighted by atomic mass is 16.4. The number of nitrogens with zero attached hydrogens (tertiary/aromatic N) is 1. The molecule has 0 bridgehead atoms. The van der Waals surface area contributed by atoms with Crippen LogP contribution >= 0.6 is 0 Å². The fraction of sp³-hybridized carbons (Fsp3) is 0.200. The molecule has 0 spiro atoms. The molecule has 3 nitrogen and oxygen atoms in total. The third kappa shape index (κ3) is 4.78. The summed E-state index contributed by atoms with van der Waals surface area (Å²) in [6.07, 6.45) is 8.79. The molecule has 0 aliphatic heterocycles. The summed E-state index contributed by atoms with van der Waals surface area (Å²) in [7, 11) is 0. The number of carboxylic acid groups (broad SMARTS) is 1. The fourth-order valence-corrected chi connectivity index (χ4v) is 1.21. The first-order valence-corrected chi connectivity index (χ1v) is 5.84. The van der Waals surface area contributed by atoms with Crippen LogP contribution in [0.25, 0.3) is 5.57 Å². The summed E-state index contributed by atoms with van der Waals surface area (Å²) in [5.74, 6) is -1.03. The molecular formula is C15H19NO2. The van der Waals surface area contributed by atoms with Crippen LogP contribution in [0.5, 0.6) is 0 Å². The van der Waals surface area contributed by atoms with E-state index in [2.05, 4.69) is 11.6 Å². The Morgan fingerprint density at radius 1 is 1.44 bits per heavy atom. The van der Waals surface area contributed by atoms with Crippen molar-refractivity contribution < 1.29 is 9.90 Å². The molecule has 1 heterocycles. The molecule has 0 aromatic carbocycles. The van der Waals surface area contributed by atoms with Gasteiger partial charge in [0.15, 0.2) is 0 Å². The molecule has 0 aliphatic rings. The first-order chi connectivity index (χ1) is 8.69. The Bertz CT molecular complexity index is 459. The number of hydrogen-bond donors (Lipinski definition) is 1. The number of allylic oxidation sites excluding steroid dienone is 5. The number of carbonyl (C=O) groups is 1. The van der Waals surface area contributed by atoms with Gasteiger partial charge in [-0.25, -0.2) is 9.78 Å². The lowest BCUT2D eigenvalue weighted by molar-refractivity contribution is 0.0690. The number of aromatic carboxylic acids is 1. The van der Waals surface area contributed by atoms with E-state index < -0.39 is 5.97 Å². The third-order valence-electron chi connectivity index (χ3n) is 2.00. The second-order valence-corrected chi connectivity index (χ2v) is 3.09. The van der Waals surface area contributed by atoms with Gasteiger partial charge in [0.1, 0.15) is 5.69 Å². The molecular weight excluding hydrogens is 226 g/mol.